The number of alkyl carbamates (subject to hydrolysis) is 2. The average Bonchev–Trinajstić information content (AvgIpc) is 4.11. The Morgan fingerprint density at radius 1 is 0.815 bits per heavy atom. The number of fused-ring (bicyclic) bond motifs is 6. The van der Waals surface area contributed by atoms with Crippen molar-refractivity contribution < 1.29 is 38.1 Å². The third-order valence-corrected chi connectivity index (χ3v) is 14.4. The highest BCUT2D eigenvalue weighted by molar-refractivity contribution is 6.06. The molecule has 0 saturated carbocycles. The van der Waals surface area contributed by atoms with Gasteiger partial charge in [0.25, 0.3) is 0 Å². The molecule has 4 amide bonds. The first-order valence-corrected chi connectivity index (χ1v) is 23.2. The van der Waals surface area contributed by atoms with Gasteiger partial charge in [-0.05, 0) is 135 Å². The topological polar surface area (TPSA) is 177 Å². The van der Waals surface area contributed by atoms with Crippen LogP contribution in [0.1, 0.15) is 103 Å². The van der Waals surface area contributed by atoms with Crippen molar-refractivity contribution in [1.29, 1.82) is 0 Å². The molecule has 0 aliphatic carbocycles. The summed E-state index contributed by atoms with van der Waals surface area (Å²) >= 11 is 0. The summed E-state index contributed by atoms with van der Waals surface area (Å²) in [5.74, 6) is 1.07. The predicted octanol–water partition coefficient (Wildman–Crippen LogP) is 8.16. The number of nitrogens with one attached hydrogen (secondary N) is 3. The van der Waals surface area contributed by atoms with Crippen LogP contribution in [-0.4, -0.2) is 106 Å². The molecule has 1 aromatic heterocycles. The fraction of sp³-hybridized carbons (Fsp3) is 0.520. The number of aromatic nitrogens is 2. The Kier molecular flexibility index (Phi) is 12.1. The van der Waals surface area contributed by atoms with Gasteiger partial charge < -0.3 is 44.4 Å². The highest BCUT2D eigenvalue weighted by atomic mass is 16.5. The number of hydrogen-bond donors (Lipinski definition) is 3. The molecular formula is C50H61N7O8. The van der Waals surface area contributed by atoms with Gasteiger partial charge in [0.15, 0.2) is 0 Å². The van der Waals surface area contributed by atoms with E-state index in [2.05, 4.69) is 65.0 Å². The largest absolute Gasteiger partial charge is 0.488 e. The number of ether oxygens (including phenoxy) is 4. The van der Waals surface area contributed by atoms with E-state index >= 15 is 0 Å². The van der Waals surface area contributed by atoms with Crippen molar-refractivity contribution in [3.05, 3.63) is 65.6 Å². The second kappa shape index (κ2) is 17.8. The van der Waals surface area contributed by atoms with E-state index in [-0.39, 0.29) is 60.0 Å². The van der Waals surface area contributed by atoms with Gasteiger partial charge in [0, 0.05) is 29.8 Å². The van der Waals surface area contributed by atoms with Crippen LogP contribution in [0.2, 0.25) is 0 Å². The lowest BCUT2D eigenvalue weighted by Crippen LogP contribution is -2.57. The molecule has 3 fully saturated rings. The summed E-state index contributed by atoms with van der Waals surface area (Å²) in [6.45, 7) is 12.4. The molecule has 3 saturated heterocycles. The summed E-state index contributed by atoms with van der Waals surface area (Å²) < 4.78 is 22.3. The molecular weight excluding hydrogens is 827 g/mol. The van der Waals surface area contributed by atoms with Crippen LogP contribution in [-0.2, 0) is 36.8 Å². The number of carbonyl (C=O) groups excluding carboxylic acids is 4. The molecule has 3 N–H and O–H groups in total. The second-order valence-corrected chi connectivity index (χ2v) is 19.1. The number of rotatable bonds is 9. The van der Waals surface area contributed by atoms with Gasteiger partial charge in [-0.25, -0.2) is 14.6 Å². The Morgan fingerprint density at radius 2 is 1.51 bits per heavy atom. The van der Waals surface area contributed by atoms with Crippen molar-refractivity contribution in [2.75, 3.05) is 14.2 Å². The fourth-order valence-electron chi connectivity index (χ4n) is 11.2. The van der Waals surface area contributed by atoms with Crippen LogP contribution in [0.15, 0.2) is 53.7 Å². The van der Waals surface area contributed by atoms with Gasteiger partial charge >= 0.3 is 12.2 Å². The van der Waals surface area contributed by atoms with Gasteiger partial charge in [-0.1, -0.05) is 32.0 Å². The summed E-state index contributed by atoms with van der Waals surface area (Å²) in [6.07, 6.45) is 5.72. The minimum absolute atomic E-state index is 0.0124. The Hall–Kier alpha value is -5.96. The fourth-order valence-corrected chi connectivity index (χ4v) is 11.2. The van der Waals surface area contributed by atoms with E-state index < -0.39 is 24.3 Å². The van der Waals surface area contributed by atoms with Crippen molar-refractivity contribution in [2.45, 2.75) is 142 Å². The number of imidazole rings is 1. The molecule has 15 nitrogen and oxygen atoms in total. The van der Waals surface area contributed by atoms with Crippen molar-refractivity contribution in [1.82, 2.24) is 30.4 Å². The van der Waals surface area contributed by atoms with Crippen LogP contribution in [0.4, 0.5) is 15.3 Å². The predicted molar refractivity (Wildman–Crippen MR) is 246 cm³/mol. The van der Waals surface area contributed by atoms with Crippen molar-refractivity contribution in [3.8, 4) is 28.1 Å². The Bertz CT molecular complexity index is 2540. The molecule has 0 spiro atoms. The molecule has 15 heteroatoms. The summed E-state index contributed by atoms with van der Waals surface area (Å²) in [6, 6.07) is 13.0. The third kappa shape index (κ3) is 8.32. The number of hydrogen-bond acceptors (Lipinski definition) is 10. The number of aliphatic imine (C=N–C) groups is 1. The van der Waals surface area contributed by atoms with Crippen molar-refractivity contribution in [3.63, 3.8) is 0 Å². The lowest BCUT2D eigenvalue weighted by atomic mass is 9.85. The van der Waals surface area contributed by atoms with Crippen LogP contribution < -0.4 is 15.4 Å². The molecule has 344 valence electrons. The Balaban J connectivity index is 0.934. The number of benzene rings is 3. The maximum atomic E-state index is 14.6. The molecule has 0 radical (unpaired) electrons. The van der Waals surface area contributed by atoms with Crippen LogP contribution in [0.5, 0.6) is 5.75 Å². The molecule has 1 unspecified atom stereocenters. The monoisotopic (exact) mass is 887 g/mol. The zero-order chi connectivity index (χ0) is 45.8. The molecule has 5 aliphatic heterocycles. The first-order valence-electron chi connectivity index (χ1n) is 23.2. The van der Waals surface area contributed by atoms with E-state index in [0.29, 0.717) is 31.7 Å². The van der Waals surface area contributed by atoms with E-state index in [1.54, 1.807) is 0 Å². The van der Waals surface area contributed by atoms with Crippen LogP contribution in [0.25, 0.3) is 33.2 Å². The van der Waals surface area contributed by atoms with Crippen LogP contribution in [0, 0.1) is 11.8 Å². The van der Waals surface area contributed by atoms with Gasteiger partial charge in [0.05, 0.1) is 56.1 Å². The van der Waals surface area contributed by atoms with Crippen LogP contribution >= 0.6 is 0 Å². The molecule has 5 aliphatic rings. The van der Waals surface area contributed by atoms with E-state index in [1.165, 1.54) is 14.2 Å². The maximum absolute atomic E-state index is 14.6. The summed E-state index contributed by atoms with van der Waals surface area (Å²) in [5, 5.41) is 7.81. The van der Waals surface area contributed by atoms with Gasteiger partial charge in [-0.15, -0.1) is 0 Å². The summed E-state index contributed by atoms with van der Waals surface area (Å²) in [4.78, 5) is 70.6. The zero-order valence-corrected chi connectivity index (χ0v) is 38.6. The Labute approximate surface area is 380 Å². The minimum atomic E-state index is -0.727. The quantitative estimate of drug-likeness (QED) is 0.150. The van der Waals surface area contributed by atoms with Crippen molar-refractivity contribution in [2.24, 2.45) is 16.8 Å². The highest BCUT2D eigenvalue weighted by Crippen LogP contribution is 2.45. The van der Waals surface area contributed by atoms with E-state index in [1.807, 2.05) is 50.6 Å². The average molecular weight is 888 g/mol. The number of H-pyrrole nitrogens is 1. The number of nitrogens with zero attached hydrogens (tertiary/aromatic N) is 4. The normalized spacial score (nSPS) is 25.6. The van der Waals surface area contributed by atoms with Crippen molar-refractivity contribution >= 4 is 46.2 Å². The lowest BCUT2D eigenvalue weighted by molar-refractivity contribution is -0.139. The van der Waals surface area contributed by atoms with Gasteiger partial charge in [0.1, 0.15) is 30.3 Å². The summed E-state index contributed by atoms with van der Waals surface area (Å²) in [7, 11) is 2.62. The zero-order valence-electron chi connectivity index (χ0n) is 38.6. The van der Waals surface area contributed by atoms with E-state index in [4.69, 9.17) is 28.9 Å². The van der Waals surface area contributed by atoms with Gasteiger partial charge in [-0.2, -0.15) is 0 Å². The van der Waals surface area contributed by atoms with Crippen LogP contribution in [0.3, 0.4) is 0 Å². The number of carbonyl (C=O) groups is 4. The minimum Gasteiger partial charge on any atom is -0.488 e. The smallest absolute Gasteiger partial charge is 0.407 e. The number of aromatic amines is 1. The van der Waals surface area contributed by atoms with E-state index in [9.17, 15) is 19.2 Å². The Morgan fingerprint density at radius 3 is 2.22 bits per heavy atom. The number of methoxy groups -OCH3 is 2. The standard InChI is InChI=1S/C50H61N7O8/c1-25(2)44(54-49(60)62-7)47(58)57-27(4)10-16-42(57)46-51-23-40(53-46)31-11-13-34-33(19-31)24-64-43-22-35-30(20-37(34)43)12-14-38-36(35)21-39(52-38)41-15-9-26(3)56(41)48(59)45(55-50(61)63-8)32-17-28(5)65-29(6)18-32/h11-14,19-20,22-23,25-29,32,41-42,44-45H,9-10,15-18,21,24H2,1-8H3,(H,51,53)(H,54,60)(H,55,61)/t26-,27-,28-,29+,32?,41-,42-,44-,45-/m0/s1. The SMILES string of the molecule is COC(=O)N[C@H](C(=O)N1[C@@H](C)CC[C@H]1c1ncc(-c2ccc3c(c2)COc2cc4c5c(ccc4cc2-3)N=C([C@@H]2CC[C@H](C)N2C(=O)[C@@H](NC(=O)OC)C2C[C@@H](C)O[C@@H](C)C2)C5)[nH]1)C(C)C. The molecule has 3 aromatic carbocycles. The molecule has 65 heavy (non-hydrogen) atoms. The molecule has 9 atom stereocenters. The lowest BCUT2D eigenvalue weighted by Gasteiger charge is -2.39. The number of likely N-dealkylation sites (tertiary alicyclic amines) is 2. The maximum Gasteiger partial charge on any atom is 0.407 e. The second-order valence-electron chi connectivity index (χ2n) is 19.1. The molecule has 9 rings (SSSR count). The van der Waals surface area contributed by atoms with Gasteiger partial charge in [0.2, 0.25) is 11.8 Å². The van der Waals surface area contributed by atoms with E-state index in [0.717, 1.165) is 87.1 Å². The number of amides is 4. The highest BCUT2D eigenvalue weighted by Gasteiger charge is 2.46. The summed E-state index contributed by atoms with van der Waals surface area (Å²) in [5.41, 5.74) is 7.99. The third-order valence-electron chi connectivity index (χ3n) is 14.4. The first-order chi connectivity index (χ1) is 31.2. The van der Waals surface area contributed by atoms with Gasteiger partial charge in [-0.3, -0.25) is 14.6 Å². The first kappa shape index (κ1) is 44.3. The molecule has 6 heterocycles. The molecule has 0 bridgehead atoms. The molecule has 4 aromatic rings.